The molecule has 0 aliphatic heterocycles. The molecule has 146 valence electrons. The number of hydrogen-bond donors (Lipinski definition) is 2. The van der Waals surface area contributed by atoms with Crippen molar-refractivity contribution in [3.05, 3.63) is 53.1 Å². The van der Waals surface area contributed by atoms with Crippen LogP contribution in [-0.4, -0.2) is 28.0 Å². The summed E-state index contributed by atoms with van der Waals surface area (Å²) in [5.41, 5.74) is 2.52. The minimum absolute atomic E-state index is 0.0158. The van der Waals surface area contributed by atoms with Gasteiger partial charge in [0, 0.05) is 11.6 Å². The molecule has 1 atom stereocenters. The largest absolute Gasteiger partial charge is 0.441 e. The first-order chi connectivity index (χ1) is 13.3. The molecule has 1 aromatic carbocycles. The number of aryl methyl sites for hydroxylation is 3. The monoisotopic (exact) mass is 382 g/mol. The molecule has 0 aliphatic rings. The molecule has 8 heteroatoms. The second kappa shape index (κ2) is 8.08. The Hall–Kier alpha value is -3.42. The van der Waals surface area contributed by atoms with Crippen molar-refractivity contribution in [2.75, 3.05) is 5.32 Å². The molecule has 3 aromatic rings. The fourth-order valence-electron chi connectivity index (χ4n) is 2.58. The van der Waals surface area contributed by atoms with Crippen molar-refractivity contribution < 1.29 is 18.5 Å². The second-order valence-corrected chi connectivity index (χ2v) is 6.67. The summed E-state index contributed by atoms with van der Waals surface area (Å²) in [4.78, 5) is 28.9. The standard InChI is InChI=1S/C20H22N4O4/c1-11-5-7-15(8-6-11)20-22-16(14(4)27-20)10-18(25)21-13(3)19(26)23-17-9-12(2)28-24-17/h5-9,13H,10H2,1-4H3,(H,21,25)(H,23,24,26). The lowest BCUT2D eigenvalue weighted by Gasteiger charge is -2.12. The number of anilines is 1. The third-order valence-corrected chi connectivity index (χ3v) is 4.17. The Balaban J connectivity index is 1.59. The van der Waals surface area contributed by atoms with Gasteiger partial charge in [0.15, 0.2) is 5.82 Å². The number of rotatable bonds is 6. The minimum atomic E-state index is -0.742. The van der Waals surface area contributed by atoms with E-state index in [-0.39, 0.29) is 18.2 Å². The molecule has 2 amide bonds. The van der Waals surface area contributed by atoms with E-state index >= 15 is 0 Å². The fourth-order valence-corrected chi connectivity index (χ4v) is 2.58. The van der Waals surface area contributed by atoms with Gasteiger partial charge in [-0.2, -0.15) is 0 Å². The molecule has 0 bridgehead atoms. The van der Waals surface area contributed by atoms with E-state index in [1.807, 2.05) is 31.2 Å². The lowest BCUT2D eigenvalue weighted by atomic mass is 10.1. The van der Waals surface area contributed by atoms with Crippen LogP contribution in [0, 0.1) is 20.8 Å². The first kappa shape index (κ1) is 19.3. The number of carbonyl (C=O) groups is 2. The third kappa shape index (κ3) is 4.64. The summed E-state index contributed by atoms with van der Waals surface area (Å²) in [5, 5.41) is 8.92. The number of nitrogens with zero attached hydrogens (tertiary/aromatic N) is 2. The number of carbonyl (C=O) groups excluding carboxylic acids is 2. The molecule has 2 heterocycles. The highest BCUT2D eigenvalue weighted by molar-refractivity contribution is 5.96. The van der Waals surface area contributed by atoms with Crippen LogP contribution >= 0.6 is 0 Å². The Bertz CT molecular complexity index is 988. The summed E-state index contributed by atoms with van der Waals surface area (Å²) in [6, 6.07) is 8.63. The SMILES string of the molecule is Cc1ccc(-c2nc(CC(=O)NC(C)C(=O)Nc3cc(C)on3)c(C)o2)cc1. The lowest BCUT2D eigenvalue weighted by Crippen LogP contribution is -2.42. The number of benzene rings is 1. The van der Waals surface area contributed by atoms with Gasteiger partial charge in [-0.05, 0) is 39.8 Å². The van der Waals surface area contributed by atoms with Crippen molar-refractivity contribution in [2.45, 2.75) is 40.2 Å². The van der Waals surface area contributed by atoms with E-state index < -0.39 is 6.04 Å². The molecule has 0 saturated carbocycles. The number of amides is 2. The normalized spacial score (nSPS) is 11.9. The van der Waals surface area contributed by atoms with Crippen molar-refractivity contribution in [2.24, 2.45) is 0 Å². The molecule has 28 heavy (non-hydrogen) atoms. The summed E-state index contributed by atoms with van der Waals surface area (Å²) >= 11 is 0. The summed E-state index contributed by atoms with van der Waals surface area (Å²) in [7, 11) is 0. The smallest absolute Gasteiger partial charge is 0.247 e. The highest BCUT2D eigenvalue weighted by Gasteiger charge is 2.20. The second-order valence-electron chi connectivity index (χ2n) is 6.67. The molecular formula is C20H22N4O4. The van der Waals surface area contributed by atoms with Crippen LogP contribution in [0.3, 0.4) is 0 Å². The average molecular weight is 382 g/mol. The Morgan fingerprint density at radius 3 is 2.50 bits per heavy atom. The van der Waals surface area contributed by atoms with Crippen LogP contribution in [0.2, 0.25) is 0 Å². The molecule has 1 unspecified atom stereocenters. The van der Waals surface area contributed by atoms with Crippen molar-refractivity contribution in [3.63, 3.8) is 0 Å². The molecule has 2 aromatic heterocycles. The summed E-state index contributed by atoms with van der Waals surface area (Å²) in [6.07, 6.45) is 0.0158. The highest BCUT2D eigenvalue weighted by atomic mass is 16.5. The van der Waals surface area contributed by atoms with Crippen LogP contribution in [0.15, 0.2) is 39.3 Å². The number of aromatic nitrogens is 2. The molecule has 0 spiro atoms. The molecule has 3 rings (SSSR count). The number of nitrogens with one attached hydrogen (secondary N) is 2. The third-order valence-electron chi connectivity index (χ3n) is 4.17. The maximum absolute atomic E-state index is 12.3. The van der Waals surface area contributed by atoms with Crippen molar-refractivity contribution in [1.29, 1.82) is 0 Å². The van der Waals surface area contributed by atoms with E-state index in [0.717, 1.165) is 11.1 Å². The van der Waals surface area contributed by atoms with Gasteiger partial charge < -0.3 is 19.6 Å². The van der Waals surface area contributed by atoms with Crippen LogP contribution < -0.4 is 10.6 Å². The van der Waals surface area contributed by atoms with Crippen molar-refractivity contribution in [1.82, 2.24) is 15.5 Å². The molecule has 8 nitrogen and oxygen atoms in total. The van der Waals surface area contributed by atoms with Crippen molar-refractivity contribution >= 4 is 17.6 Å². The zero-order valence-electron chi connectivity index (χ0n) is 16.2. The quantitative estimate of drug-likeness (QED) is 0.678. The summed E-state index contributed by atoms with van der Waals surface area (Å²) < 4.78 is 10.6. The lowest BCUT2D eigenvalue weighted by molar-refractivity contribution is -0.125. The predicted octanol–water partition coefficient (Wildman–Crippen LogP) is 2.94. The highest BCUT2D eigenvalue weighted by Crippen LogP contribution is 2.22. The number of oxazole rings is 1. The van der Waals surface area contributed by atoms with E-state index in [4.69, 9.17) is 8.94 Å². The summed E-state index contributed by atoms with van der Waals surface area (Å²) in [5.74, 6) is 1.20. The molecule has 0 fully saturated rings. The Morgan fingerprint density at radius 2 is 1.86 bits per heavy atom. The van der Waals surface area contributed by atoms with Gasteiger partial charge in [0.25, 0.3) is 0 Å². The summed E-state index contributed by atoms with van der Waals surface area (Å²) in [6.45, 7) is 7.07. The molecule has 0 aliphatic carbocycles. The van der Waals surface area contributed by atoms with E-state index in [2.05, 4.69) is 20.8 Å². The van der Waals surface area contributed by atoms with Gasteiger partial charge in [-0.1, -0.05) is 22.9 Å². The van der Waals surface area contributed by atoms with Gasteiger partial charge in [-0.3, -0.25) is 9.59 Å². The van der Waals surface area contributed by atoms with Gasteiger partial charge >= 0.3 is 0 Å². The molecule has 0 radical (unpaired) electrons. The van der Waals surface area contributed by atoms with Gasteiger partial charge in [0.1, 0.15) is 17.6 Å². The zero-order valence-corrected chi connectivity index (χ0v) is 16.2. The topological polar surface area (TPSA) is 110 Å². The predicted molar refractivity (Wildman–Crippen MR) is 103 cm³/mol. The van der Waals surface area contributed by atoms with Crippen LogP contribution in [-0.2, 0) is 16.0 Å². The molecule has 2 N–H and O–H groups in total. The maximum Gasteiger partial charge on any atom is 0.247 e. The number of hydrogen-bond acceptors (Lipinski definition) is 6. The van der Waals surface area contributed by atoms with Gasteiger partial charge in [-0.15, -0.1) is 0 Å². The van der Waals surface area contributed by atoms with Crippen LogP contribution in [0.4, 0.5) is 5.82 Å². The fraction of sp³-hybridized carbons (Fsp3) is 0.300. The first-order valence-corrected chi connectivity index (χ1v) is 8.88. The Labute approximate surface area is 162 Å². The van der Waals surface area contributed by atoms with Crippen molar-refractivity contribution in [3.8, 4) is 11.5 Å². The van der Waals surface area contributed by atoms with E-state index in [1.165, 1.54) is 0 Å². The average Bonchev–Trinajstić information content (AvgIpc) is 3.21. The Kier molecular flexibility index (Phi) is 5.58. The Morgan fingerprint density at radius 1 is 1.14 bits per heavy atom. The minimum Gasteiger partial charge on any atom is -0.441 e. The van der Waals surface area contributed by atoms with Gasteiger partial charge in [0.2, 0.25) is 17.7 Å². The molecule has 0 saturated heterocycles. The van der Waals surface area contributed by atoms with Crippen LogP contribution in [0.1, 0.15) is 29.7 Å². The maximum atomic E-state index is 12.3. The van der Waals surface area contributed by atoms with E-state index in [1.54, 1.807) is 26.8 Å². The zero-order chi connectivity index (χ0) is 20.3. The van der Waals surface area contributed by atoms with Crippen LogP contribution in [0.25, 0.3) is 11.5 Å². The first-order valence-electron chi connectivity index (χ1n) is 8.88. The van der Waals surface area contributed by atoms with E-state index in [0.29, 0.717) is 28.9 Å². The van der Waals surface area contributed by atoms with Gasteiger partial charge in [-0.25, -0.2) is 4.98 Å². The molecular weight excluding hydrogens is 360 g/mol. The van der Waals surface area contributed by atoms with E-state index in [9.17, 15) is 9.59 Å². The van der Waals surface area contributed by atoms with Gasteiger partial charge in [0.05, 0.1) is 12.1 Å². The van der Waals surface area contributed by atoms with Crippen LogP contribution in [0.5, 0.6) is 0 Å².